The Labute approximate surface area is 182 Å². The maximum absolute atomic E-state index is 13.3. The van der Waals surface area contributed by atoms with Crippen LogP contribution in [0.3, 0.4) is 0 Å². The van der Waals surface area contributed by atoms with Gasteiger partial charge in [0.25, 0.3) is 0 Å². The lowest BCUT2D eigenvalue weighted by atomic mass is 10.1. The molecule has 2 aromatic carbocycles. The second kappa shape index (κ2) is 9.64. The number of fused-ring (bicyclic) bond motifs is 1. The van der Waals surface area contributed by atoms with Gasteiger partial charge in [-0.1, -0.05) is 61.7 Å². The molecule has 0 bridgehead atoms. The molecule has 0 aliphatic heterocycles. The highest BCUT2D eigenvalue weighted by molar-refractivity contribution is 6.35. The van der Waals surface area contributed by atoms with Crippen molar-refractivity contribution in [2.45, 2.75) is 45.6 Å². The number of imidazole rings is 1. The van der Waals surface area contributed by atoms with Crippen molar-refractivity contribution in [1.29, 1.82) is 0 Å². The average molecular weight is 432 g/mol. The van der Waals surface area contributed by atoms with E-state index in [1.165, 1.54) is 0 Å². The van der Waals surface area contributed by atoms with Gasteiger partial charge >= 0.3 is 0 Å². The van der Waals surface area contributed by atoms with Crippen LogP contribution >= 0.6 is 23.2 Å². The highest BCUT2D eigenvalue weighted by Gasteiger charge is 2.27. The van der Waals surface area contributed by atoms with Crippen molar-refractivity contribution in [1.82, 2.24) is 14.5 Å². The van der Waals surface area contributed by atoms with Crippen LogP contribution < -0.4 is 0 Å². The molecule has 29 heavy (non-hydrogen) atoms. The number of amides is 1. The van der Waals surface area contributed by atoms with Gasteiger partial charge in [-0.3, -0.25) is 4.79 Å². The first-order valence-corrected chi connectivity index (χ1v) is 10.9. The third-order valence-corrected chi connectivity index (χ3v) is 5.71. The van der Waals surface area contributed by atoms with Crippen molar-refractivity contribution in [2.24, 2.45) is 0 Å². The number of hydrogen-bond acceptors (Lipinski definition) is 2. The van der Waals surface area contributed by atoms with E-state index in [1.807, 2.05) is 48.3 Å². The molecule has 0 spiro atoms. The van der Waals surface area contributed by atoms with Crippen molar-refractivity contribution >= 4 is 40.1 Å². The summed E-state index contributed by atoms with van der Waals surface area (Å²) >= 11 is 12.5. The van der Waals surface area contributed by atoms with Gasteiger partial charge < -0.3 is 9.47 Å². The summed E-state index contributed by atoms with van der Waals surface area (Å²) in [6.07, 6.45) is 3.13. The van der Waals surface area contributed by atoms with Gasteiger partial charge in [-0.25, -0.2) is 4.98 Å². The summed E-state index contributed by atoms with van der Waals surface area (Å²) in [5.41, 5.74) is 2.81. The molecular formula is C23H27Cl2N3O. The molecule has 0 aliphatic carbocycles. The standard InChI is InChI=1S/C23H27Cl2N3O/c1-4-8-21(23(29)27(3)13-5-2)28-20-10-7-6-9-19(20)26-22(28)14-16-11-12-17(24)15-18(16)25/h6-7,9-12,15,21H,4-5,8,13-14H2,1-3H3. The van der Waals surface area contributed by atoms with Crippen LogP contribution in [0, 0.1) is 0 Å². The van der Waals surface area contributed by atoms with E-state index in [9.17, 15) is 4.79 Å². The number of likely N-dealkylation sites (N-methyl/N-ethyl adjacent to an activating group) is 1. The number of aromatic nitrogens is 2. The molecular weight excluding hydrogens is 405 g/mol. The zero-order chi connectivity index (χ0) is 21.0. The molecule has 1 atom stereocenters. The Hall–Kier alpha value is -2.04. The van der Waals surface area contributed by atoms with E-state index in [2.05, 4.69) is 18.4 Å². The molecule has 1 amide bonds. The maximum atomic E-state index is 13.3. The molecule has 0 saturated heterocycles. The summed E-state index contributed by atoms with van der Waals surface area (Å²) in [5, 5.41) is 1.21. The van der Waals surface area contributed by atoms with Gasteiger partial charge in [0.05, 0.1) is 11.0 Å². The fourth-order valence-electron chi connectivity index (χ4n) is 3.74. The Morgan fingerprint density at radius 3 is 2.59 bits per heavy atom. The molecule has 6 heteroatoms. The fourth-order valence-corrected chi connectivity index (χ4v) is 4.21. The van der Waals surface area contributed by atoms with Crippen LogP contribution in [0.2, 0.25) is 10.0 Å². The summed E-state index contributed by atoms with van der Waals surface area (Å²) in [7, 11) is 1.88. The van der Waals surface area contributed by atoms with Crippen LogP contribution in [0.5, 0.6) is 0 Å². The van der Waals surface area contributed by atoms with Gasteiger partial charge in [0.15, 0.2) is 0 Å². The molecule has 1 unspecified atom stereocenters. The van der Waals surface area contributed by atoms with Crippen LogP contribution in [0.15, 0.2) is 42.5 Å². The van der Waals surface area contributed by atoms with E-state index in [0.717, 1.165) is 48.2 Å². The quantitative estimate of drug-likeness (QED) is 0.429. The van der Waals surface area contributed by atoms with Gasteiger partial charge in [-0.05, 0) is 42.7 Å². The van der Waals surface area contributed by atoms with Gasteiger partial charge in [0.1, 0.15) is 11.9 Å². The predicted molar refractivity (Wildman–Crippen MR) is 121 cm³/mol. The van der Waals surface area contributed by atoms with Gasteiger partial charge in [-0.15, -0.1) is 0 Å². The summed E-state index contributed by atoms with van der Waals surface area (Å²) in [6.45, 7) is 4.93. The molecule has 0 radical (unpaired) electrons. The Kier molecular flexibility index (Phi) is 7.20. The minimum Gasteiger partial charge on any atom is -0.344 e. The lowest BCUT2D eigenvalue weighted by molar-refractivity contribution is -0.133. The lowest BCUT2D eigenvalue weighted by Gasteiger charge is -2.26. The Morgan fingerprint density at radius 1 is 1.14 bits per heavy atom. The molecule has 0 fully saturated rings. The largest absolute Gasteiger partial charge is 0.344 e. The molecule has 1 aromatic heterocycles. The third-order valence-electron chi connectivity index (χ3n) is 5.13. The number of carbonyl (C=O) groups excluding carboxylic acids is 1. The molecule has 3 rings (SSSR count). The number of benzene rings is 2. The minimum absolute atomic E-state index is 0.125. The number of nitrogens with zero attached hydrogens (tertiary/aromatic N) is 3. The molecule has 4 nitrogen and oxygen atoms in total. The Bertz CT molecular complexity index is 999. The molecule has 0 saturated carbocycles. The normalized spacial score (nSPS) is 12.3. The van der Waals surface area contributed by atoms with Crippen molar-refractivity contribution in [3.8, 4) is 0 Å². The van der Waals surface area contributed by atoms with Crippen molar-refractivity contribution in [3.05, 3.63) is 63.9 Å². The zero-order valence-corrected chi connectivity index (χ0v) is 18.7. The minimum atomic E-state index is -0.287. The van der Waals surface area contributed by atoms with E-state index in [4.69, 9.17) is 28.2 Å². The Morgan fingerprint density at radius 2 is 1.90 bits per heavy atom. The second-order valence-electron chi connectivity index (χ2n) is 7.36. The van der Waals surface area contributed by atoms with Crippen molar-refractivity contribution < 1.29 is 4.79 Å². The predicted octanol–water partition coefficient (Wildman–Crippen LogP) is 6.14. The SMILES string of the molecule is CCCC(C(=O)N(C)CCC)n1c(Cc2ccc(Cl)cc2Cl)nc2ccccc21. The van der Waals surface area contributed by atoms with Crippen LogP contribution in [-0.4, -0.2) is 34.0 Å². The van der Waals surface area contributed by atoms with E-state index in [1.54, 1.807) is 6.07 Å². The van der Waals surface area contributed by atoms with Gasteiger partial charge in [0.2, 0.25) is 5.91 Å². The maximum Gasteiger partial charge on any atom is 0.245 e. The summed E-state index contributed by atoms with van der Waals surface area (Å²) < 4.78 is 2.11. The highest BCUT2D eigenvalue weighted by Crippen LogP contribution is 2.29. The van der Waals surface area contributed by atoms with Crippen LogP contribution in [0.25, 0.3) is 11.0 Å². The van der Waals surface area contributed by atoms with Crippen molar-refractivity contribution in [2.75, 3.05) is 13.6 Å². The number of carbonyl (C=O) groups is 1. The second-order valence-corrected chi connectivity index (χ2v) is 8.21. The van der Waals surface area contributed by atoms with Gasteiger partial charge in [-0.2, -0.15) is 0 Å². The molecule has 0 aliphatic rings. The van der Waals surface area contributed by atoms with E-state index < -0.39 is 0 Å². The summed E-state index contributed by atoms with van der Waals surface area (Å²) in [6, 6.07) is 13.2. The number of halogens is 2. The zero-order valence-electron chi connectivity index (χ0n) is 17.2. The van der Waals surface area contributed by atoms with Crippen LogP contribution in [0.1, 0.15) is 50.5 Å². The number of hydrogen-bond donors (Lipinski definition) is 0. The first-order valence-electron chi connectivity index (χ1n) is 10.1. The fraction of sp³-hybridized carbons (Fsp3) is 0.391. The first kappa shape index (κ1) is 21.7. The Balaban J connectivity index is 2.10. The van der Waals surface area contributed by atoms with E-state index in [-0.39, 0.29) is 11.9 Å². The molecule has 0 N–H and O–H groups in total. The smallest absolute Gasteiger partial charge is 0.245 e. The molecule has 154 valence electrons. The highest BCUT2D eigenvalue weighted by atomic mass is 35.5. The number of rotatable bonds is 8. The van der Waals surface area contributed by atoms with Crippen LogP contribution in [0.4, 0.5) is 0 Å². The number of para-hydroxylation sites is 2. The van der Waals surface area contributed by atoms with Crippen molar-refractivity contribution in [3.63, 3.8) is 0 Å². The van der Waals surface area contributed by atoms with E-state index >= 15 is 0 Å². The lowest BCUT2D eigenvalue weighted by Crippen LogP contribution is -2.35. The third kappa shape index (κ3) is 4.76. The molecule has 1 heterocycles. The van der Waals surface area contributed by atoms with E-state index in [0.29, 0.717) is 16.5 Å². The van der Waals surface area contributed by atoms with Crippen LogP contribution in [-0.2, 0) is 11.2 Å². The summed E-state index contributed by atoms with van der Waals surface area (Å²) in [5.74, 6) is 0.965. The monoisotopic (exact) mass is 431 g/mol. The van der Waals surface area contributed by atoms with Gasteiger partial charge in [0, 0.05) is 30.1 Å². The first-order chi connectivity index (χ1) is 14.0. The topological polar surface area (TPSA) is 38.1 Å². The summed E-state index contributed by atoms with van der Waals surface area (Å²) in [4.78, 5) is 20.0. The molecule has 3 aromatic rings. The average Bonchev–Trinajstić information content (AvgIpc) is 3.05.